The molecule has 1 aromatic carbocycles. The van der Waals surface area contributed by atoms with Gasteiger partial charge >= 0.3 is 0 Å². The minimum Gasteiger partial charge on any atom is -0.479 e. The predicted molar refractivity (Wildman–Crippen MR) is 100 cm³/mol. The number of amides is 2. The number of nitrogens with zero attached hydrogens (tertiary/aromatic N) is 2. The minimum absolute atomic E-state index is 0.00847. The molecule has 0 aliphatic carbocycles. The molecule has 144 valence electrons. The van der Waals surface area contributed by atoms with Crippen LogP contribution in [0.2, 0.25) is 0 Å². The second kappa shape index (κ2) is 7.25. The molecule has 2 heterocycles. The van der Waals surface area contributed by atoms with Crippen molar-refractivity contribution in [3.05, 3.63) is 29.3 Å². The molecular formula is C16H18N4O5S2. The molecule has 0 bridgehead atoms. The maximum atomic E-state index is 12.9. The highest BCUT2D eigenvalue weighted by Crippen LogP contribution is 2.35. The SMILES string of the molecule is Cc1cc2c(cc1S(=O)(=O)N(C)CC(=O)Nc1nccs1)O[C@H](C)C(=O)N2. The Bertz CT molecular complexity index is 988. The number of hydrogen-bond donors (Lipinski definition) is 2. The van der Waals surface area contributed by atoms with Crippen molar-refractivity contribution >= 4 is 44.0 Å². The Kier molecular flexibility index (Phi) is 5.18. The zero-order valence-corrected chi connectivity index (χ0v) is 16.5. The van der Waals surface area contributed by atoms with Gasteiger partial charge in [0.2, 0.25) is 15.9 Å². The highest BCUT2D eigenvalue weighted by Gasteiger charge is 2.30. The molecule has 1 aliphatic rings. The summed E-state index contributed by atoms with van der Waals surface area (Å²) in [4.78, 5) is 27.7. The van der Waals surface area contributed by atoms with Crippen LogP contribution in [0.15, 0.2) is 28.6 Å². The summed E-state index contributed by atoms with van der Waals surface area (Å²) in [6.07, 6.45) is 0.814. The van der Waals surface area contributed by atoms with Crippen LogP contribution in [-0.4, -0.2) is 49.2 Å². The number of anilines is 2. The molecule has 0 saturated carbocycles. The van der Waals surface area contributed by atoms with Gasteiger partial charge in [-0.25, -0.2) is 13.4 Å². The molecule has 0 saturated heterocycles. The quantitative estimate of drug-likeness (QED) is 0.770. The first kappa shape index (κ1) is 19.3. The summed E-state index contributed by atoms with van der Waals surface area (Å²) in [5.74, 6) is -0.524. The zero-order chi connectivity index (χ0) is 19.8. The van der Waals surface area contributed by atoms with Crippen LogP contribution in [0, 0.1) is 6.92 Å². The molecule has 0 spiro atoms. The van der Waals surface area contributed by atoms with Crippen LogP contribution in [0.1, 0.15) is 12.5 Å². The van der Waals surface area contributed by atoms with Crippen LogP contribution in [0.3, 0.4) is 0 Å². The van der Waals surface area contributed by atoms with Crippen LogP contribution in [0.4, 0.5) is 10.8 Å². The normalized spacial score (nSPS) is 16.4. The lowest BCUT2D eigenvalue weighted by Gasteiger charge is -2.25. The van der Waals surface area contributed by atoms with Gasteiger partial charge in [0, 0.05) is 24.7 Å². The zero-order valence-electron chi connectivity index (χ0n) is 14.8. The summed E-state index contributed by atoms with van der Waals surface area (Å²) in [5, 5.41) is 7.31. The van der Waals surface area contributed by atoms with Gasteiger partial charge in [0.05, 0.1) is 17.1 Å². The Morgan fingerprint density at radius 3 is 2.85 bits per heavy atom. The first-order valence-electron chi connectivity index (χ1n) is 7.96. The fraction of sp³-hybridized carbons (Fsp3) is 0.312. The Labute approximate surface area is 160 Å². The number of nitrogens with one attached hydrogen (secondary N) is 2. The molecule has 1 aromatic heterocycles. The van der Waals surface area contributed by atoms with Crippen molar-refractivity contribution in [1.82, 2.24) is 9.29 Å². The molecule has 2 N–H and O–H groups in total. The summed E-state index contributed by atoms with van der Waals surface area (Å²) in [7, 11) is -2.62. The molecular weight excluding hydrogens is 392 g/mol. The van der Waals surface area contributed by atoms with Gasteiger partial charge in [-0.05, 0) is 25.5 Å². The van der Waals surface area contributed by atoms with Gasteiger partial charge in [-0.15, -0.1) is 11.3 Å². The first-order chi connectivity index (χ1) is 12.7. The van der Waals surface area contributed by atoms with Gasteiger partial charge in [-0.1, -0.05) is 0 Å². The Morgan fingerprint density at radius 1 is 1.44 bits per heavy atom. The standard InChI is InChI=1S/C16H18N4O5S2/c1-9-6-11-12(25-10(2)15(22)18-11)7-13(9)27(23,24)20(3)8-14(21)19-16-17-4-5-26-16/h4-7,10H,8H2,1-3H3,(H,18,22)(H,17,19,21)/t10-/m1/s1. The van der Waals surface area contributed by atoms with E-state index in [0.717, 1.165) is 4.31 Å². The number of aryl methyl sites for hydroxylation is 1. The molecule has 1 aliphatic heterocycles. The van der Waals surface area contributed by atoms with Gasteiger partial charge in [-0.3, -0.25) is 9.59 Å². The largest absolute Gasteiger partial charge is 0.479 e. The van der Waals surface area contributed by atoms with Crippen molar-refractivity contribution in [1.29, 1.82) is 0 Å². The fourth-order valence-electron chi connectivity index (χ4n) is 2.52. The highest BCUT2D eigenvalue weighted by molar-refractivity contribution is 7.89. The molecule has 0 unspecified atom stereocenters. The highest BCUT2D eigenvalue weighted by atomic mass is 32.2. The van der Waals surface area contributed by atoms with Crippen molar-refractivity contribution in [3.8, 4) is 5.75 Å². The van der Waals surface area contributed by atoms with Gasteiger partial charge < -0.3 is 15.4 Å². The lowest BCUT2D eigenvalue weighted by Crippen LogP contribution is -2.36. The number of ether oxygens (including phenoxy) is 1. The number of benzene rings is 1. The smallest absolute Gasteiger partial charge is 0.265 e. The molecule has 9 nitrogen and oxygen atoms in total. The van der Waals surface area contributed by atoms with E-state index in [4.69, 9.17) is 4.74 Å². The average molecular weight is 410 g/mol. The number of fused-ring (bicyclic) bond motifs is 1. The van der Waals surface area contributed by atoms with E-state index in [-0.39, 0.29) is 23.1 Å². The summed E-state index contributed by atoms with van der Waals surface area (Å²) >= 11 is 1.24. The minimum atomic E-state index is -3.95. The number of thiazole rings is 1. The van der Waals surface area contributed by atoms with Crippen molar-refractivity contribution in [2.24, 2.45) is 0 Å². The summed E-state index contributed by atoms with van der Waals surface area (Å²) in [5.41, 5.74) is 0.845. The number of sulfonamides is 1. The predicted octanol–water partition coefficient (Wildman–Crippen LogP) is 1.43. The Balaban J connectivity index is 1.82. The molecule has 27 heavy (non-hydrogen) atoms. The van der Waals surface area contributed by atoms with Gasteiger partial charge in [-0.2, -0.15) is 4.31 Å². The van der Waals surface area contributed by atoms with Crippen molar-refractivity contribution < 1.29 is 22.7 Å². The van der Waals surface area contributed by atoms with Crippen molar-refractivity contribution in [3.63, 3.8) is 0 Å². The van der Waals surface area contributed by atoms with Crippen LogP contribution in [0.5, 0.6) is 5.75 Å². The van der Waals surface area contributed by atoms with Crippen LogP contribution in [0.25, 0.3) is 0 Å². The van der Waals surface area contributed by atoms with Crippen LogP contribution < -0.4 is 15.4 Å². The summed E-state index contributed by atoms with van der Waals surface area (Å²) < 4.78 is 32.3. The Hall–Kier alpha value is -2.50. The average Bonchev–Trinajstić information content (AvgIpc) is 3.08. The number of rotatable bonds is 5. The fourth-order valence-corrected chi connectivity index (χ4v) is 4.41. The van der Waals surface area contributed by atoms with E-state index in [2.05, 4.69) is 15.6 Å². The molecule has 0 radical (unpaired) electrons. The van der Waals surface area contributed by atoms with Gasteiger partial charge in [0.25, 0.3) is 5.91 Å². The number of likely N-dealkylation sites (N-methyl/N-ethyl adjacent to an activating group) is 1. The van der Waals surface area contributed by atoms with E-state index in [1.807, 2.05) is 0 Å². The van der Waals surface area contributed by atoms with Crippen LogP contribution >= 0.6 is 11.3 Å². The van der Waals surface area contributed by atoms with Crippen molar-refractivity contribution in [2.45, 2.75) is 24.8 Å². The van der Waals surface area contributed by atoms with E-state index < -0.39 is 22.0 Å². The number of hydrogen-bond acceptors (Lipinski definition) is 7. The van der Waals surface area contributed by atoms with Gasteiger partial charge in [0.15, 0.2) is 11.2 Å². The second-order valence-corrected chi connectivity index (χ2v) is 8.92. The number of carbonyl (C=O) groups excluding carboxylic acids is 2. The second-order valence-electron chi connectivity index (χ2n) is 6.01. The summed E-state index contributed by atoms with van der Waals surface area (Å²) in [6, 6.07) is 2.90. The lowest BCUT2D eigenvalue weighted by atomic mass is 10.1. The molecule has 11 heteroatoms. The van der Waals surface area contributed by atoms with E-state index in [1.165, 1.54) is 36.7 Å². The third kappa shape index (κ3) is 3.94. The molecule has 1 atom stereocenters. The maximum absolute atomic E-state index is 12.9. The maximum Gasteiger partial charge on any atom is 0.265 e. The first-order valence-corrected chi connectivity index (χ1v) is 10.3. The number of aromatic nitrogens is 1. The third-order valence-electron chi connectivity index (χ3n) is 3.94. The van der Waals surface area contributed by atoms with E-state index in [0.29, 0.717) is 16.4 Å². The van der Waals surface area contributed by atoms with E-state index >= 15 is 0 Å². The van der Waals surface area contributed by atoms with E-state index in [1.54, 1.807) is 19.2 Å². The molecule has 3 rings (SSSR count). The van der Waals surface area contributed by atoms with Crippen LogP contribution in [-0.2, 0) is 19.6 Å². The monoisotopic (exact) mass is 410 g/mol. The summed E-state index contributed by atoms with van der Waals surface area (Å²) in [6.45, 7) is 2.81. The molecule has 0 fully saturated rings. The lowest BCUT2D eigenvalue weighted by molar-refractivity contribution is -0.122. The van der Waals surface area contributed by atoms with E-state index in [9.17, 15) is 18.0 Å². The topological polar surface area (TPSA) is 118 Å². The number of carbonyl (C=O) groups is 2. The van der Waals surface area contributed by atoms with Crippen molar-refractivity contribution in [2.75, 3.05) is 24.2 Å². The third-order valence-corrected chi connectivity index (χ3v) is 6.58. The molecule has 2 aromatic rings. The Morgan fingerprint density at radius 2 is 2.19 bits per heavy atom. The van der Waals surface area contributed by atoms with Gasteiger partial charge in [0.1, 0.15) is 5.75 Å². The molecule has 2 amide bonds.